The zero-order chi connectivity index (χ0) is 14.3. The van der Waals surface area contributed by atoms with Gasteiger partial charge in [0, 0.05) is 13.2 Å². The van der Waals surface area contributed by atoms with Crippen LogP contribution in [0, 0.1) is 5.41 Å². The predicted octanol–water partition coefficient (Wildman–Crippen LogP) is 1.22. The summed E-state index contributed by atoms with van der Waals surface area (Å²) < 4.78 is 5.57. The molecule has 0 aromatic rings. The number of amides is 1. The Morgan fingerprint density at radius 1 is 1.47 bits per heavy atom. The molecule has 110 valence electrons. The molecule has 4 N–H and O–H groups in total. The minimum absolute atomic E-state index is 0.0282. The summed E-state index contributed by atoms with van der Waals surface area (Å²) >= 11 is 0. The van der Waals surface area contributed by atoms with E-state index < -0.39 is 5.41 Å². The van der Waals surface area contributed by atoms with Crippen LogP contribution in [-0.2, 0) is 9.53 Å². The Balaban J connectivity index is 2.62. The maximum atomic E-state index is 12.3. The van der Waals surface area contributed by atoms with Crippen LogP contribution in [0.3, 0.4) is 0 Å². The van der Waals surface area contributed by atoms with Crippen LogP contribution in [0.1, 0.15) is 46.0 Å². The molecule has 1 aliphatic heterocycles. The number of hydrogen-bond acceptors (Lipinski definition) is 4. The molecule has 1 rings (SSSR count). The summed E-state index contributed by atoms with van der Waals surface area (Å²) in [4.78, 5) is 12.3. The third-order valence-corrected chi connectivity index (χ3v) is 4.00. The minimum atomic E-state index is -0.927. The van der Waals surface area contributed by atoms with Gasteiger partial charge in [-0.15, -0.1) is 0 Å². The molecular formula is C13H25N3O3. The summed E-state index contributed by atoms with van der Waals surface area (Å²) in [5, 5.41) is 14.8. The van der Waals surface area contributed by atoms with Crippen molar-refractivity contribution in [2.75, 3.05) is 13.2 Å². The van der Waals surface area contributed by atoms with Gasteiger partial charge in [-0.1, -0.05) is 19.0 Å². The van der Waals surface area contributed by atoms with Crippen LogP contribution in [0.2, 0.25) is 0 Å². The van der Waals surface area contributed by atoms with Crippen LogP contribution >= 0.6 is 0 Å². The number of oxime groups is 1. The predicted molar refractivity (Wildman–Crippen MR) is 73.0 cm³/mol. The van der Waals surface area contributed by atoms with E-state index in [1.165, 1.54) is 0 Å². The zero-order valence-corrected chi connectivity index (χ0v) is 11.8. The van der Waals surface area contributed by atoms with Gasteiger partial charge in [0.15, 0.2) is 5.84 Å². The Kier molecular flexibility index (Phi) is 6.08. The van der Waals surface area contributed by atoms with Crippen molar-refractivity contribution >= 4 is 11.7 Å². The zero-order valence-electron chi connectivity index (χ0n) is 11.8. The maximum Gasteiger partial charge on any atom is 0.234 e. The first kappa shape index (κ1) is 15.8. The number of carbonyl (C=O) groups excluding carboxylic acids is 1. The van der Waals surface area contributed by atoms with Crippen LogP contribution in [0.4, 0.5) is 0 Å². The molecule has 0 saturated carbocycles. The van der Waals surface area contributed by atoms with Gasteiger partial charge in [0.2, 0.25) is 5.91 Å². The lowest BCUT2D eigenvalue weighted by atomic mass is 9.80. The lowest BCUT2D eigenvalue weighted by Crippen LogP contribution is -2.51. The van der Waals surface area contributed by atoms with Crippen molar-refractivity contribution in [2.45, 2.75) is 52.1 Å². The van der Waals surface area contributed by atoms with Gasteiger partial charge in [-0.3, -0.25) is 4.79 Å². The number of carbonyl (C=O) groups is 1. The summed E-state index contributed by atoms with van der Waals surface area (Å²) in [5.41, 5.74) is 4.76. The molecule has 1 amide bonds. The van der Waals surface area contributed by atoms with E-state index >= 15 is 0 Å². The number of nitrogens with one attached hydrogen (secondary N) is 1. The topological polar surface area (TPSA) is 96.9 Å². The van der Waals surface area contributed by atoms with Gasteiger partial charge in [0.05, 0.1) is 6.10 Å². The molecule has 0 bridgehead atoms. The molecule has 6 heteroatoms. The second-order valence-corrected chi connectivity index (χ2v) is 4.97. The lowest BCUT2D eigenvalue weighted by molar-refractivity contribution is -0.128. The second-order valence-electron chi connectivity index (χ2n) is 4.97. The summed E-state index contributed by atoms with van der Waals surface area (Å²) in [7, 11) is 0. The number of ether oxygens (including phenoxy) is 1. The molecule has 0 radical (unpaired) electrons. The third kappa shape index (κ3) is 3.59. The molecule has 0 aromatic carbocycles. The van der Waals surface area contributed by atoms with Crippen LogP contribution in [0.25, 0.3) is 0 Å². The van der Waals surface area contributed by atoms with E-state index in [4.69, 9.17) is 15.7 Å². The van der Waals surface area contributed by atoms with Crippen LogP contribution in [0.5, 0.6) is 0 Å². The molecule has 0 spiro atoms. The van der Waals surface area contributed by atoms with Crippen molar-refractivity contribution in [3.05, 3.63) is 0 Å². The highest BCUT2D eigenvalue weighted by molar-refractivity contribution is 6.06. The quantitative estimate of drug-likeness (QED) is 0.293. The van der Waals surface area contributed by atoms with Gasteiger partial charge in [0.1, 0.15) is 5.41 Å². The molecule has 1 heterocycles. The molecule has 6 nitrogen and oxygen atoms in total. The van der Waals surface area contributed by atoms with E-state index in [-0.39, 0.29) is 17.8 Å². The van der Waals surface area contributed by atoms with E-state index in [9.17, 15) is 4.79 Å². The summed E-state index contributed by atoms with van der Waals surface area (Å²) in [6, 6.07) is 0. The average molecular weight is 271 g/mol. The van der Waals surface area contributed by atoms with Gasteiger partial charge in [-0.25, -0.2) is 0 Å². The molecular weight excluding hydrogens is 246 g/mol. The van der Waals surface area contributed by atoms with Crippen LogP contribution < -0.4 is 11.1 Å². The van der Waals surface area contributed by atoms with Gasteiger partial charge >= 0.3 is 0 Å². The van der Waals surface area contributed by atoms with Crippen molar-refractivity contribution in [3.63, 3.8) is 0 Å². The number of amidine groups is 1. The van der Waals surface area contributed by atoms with Crippen molar-refractivity contribution in [2.24, 2.45) is 16.3 Å². The second kappa shape index (κ2) is 7.33. The standard InChI is InChI=1S/C13H25N3O3/c1-3-13(4-2,11(14)16-18)12(17)15-9-10-7-5-6-8-19-10/h10,18H,3-9H2,1-2H3,(H2,14,16)(H,15,17). The molecule has 1 saturated heterocycles. The van der Waals surface area contributed by atoms with Crippen molar-refractivity contribution in [1.29, 1.82) is 0 Å². The Morgan fingerprint density at radius 3 is 2.63 bits per heavy atom. The number of nitrogens with two attached hydrogens (primary N) is 1. The normalized spacial score (nSPS) is 21.2. The molecule has 19 heavy (non-hydrogen) atoms. The number of nitrogens with zero attached hydrogens (tertiary/aromatic N) is 1. The summed E-state index contributed by atoms with van der Waals surface area (Å²) in [6.07, 6.45) is 4.26. The summed E-state index contributed by atoms with van der Waals surface area (Å²) in [5.74, 6) is -0.221. The highest BCUT2D eigenvalue weighted by atomic mass is 16.5. The van der Waals surface area contributed by atoms with Crippen molar-refractivity contribution in [3.8, 4) is 0 Å². The van der Waals surface area contributed by atoms with E-state index in [1.54, 1.807) is 0 Å². The maximum absolute atomic E-state index is 12.3. The molecule has 1 unspecified atom stereocenters. The lowest BCUT2D eigenvalue weighted by Gasteiger charge is -2.30. The van der Waals surface area contributed by atoms with E-state index in [0.29, 0.717) is 19.4 Å². The Hall–Kier alpha value is -1.30. The first-order valence-electron chi connectivity index (χ1n) is 6.98. The Bertz CT molecular complexity index is 321. The first-order chi connectivity index (χ1) is 9.10. The van der Waals surface area contributed by atoms with E-state index in [0.717, 1.165) is 25.9 Å². The smallest absolute Gasteiger partial charge is 0.234 e. The first-order valence-corrected chi connectivity index (χ1v) is 6.98. The van der Waals surface area contributed by atoms with Gasteiger partial charge in [-0.2, -0.15) is 0 Å². The number of hydrogen-bond donors (Lipinski definition) is 3. The highest BCUT2D eigenvalue weighted by Gasteiger charge is 2.39. The van der Waals surface area contributed by atoms with Gasteiger partial charge in [-0.05, 0) is 32.1 Å². The van der Waals surface area contributed by atoms with Gasteiger partial charge in [0.25, 0.3) is 0 Å². The van der Waals surface area contributed by atoms with Crippen LogP contribution in [-0.4, -0.2) is 36.2 Å². The monoisotopic (exact) mass is 271 g/mol. The highest BCUT2D eigenvalue weighted by Crippen LogP contribution is 2.27. The fourth-order valence-electron chi connectivity index (χ4n) is 2.49. The third-order valence-electron chi connectivity index (χ3n) is 4.00. The number of rotatable bonds is 6. The largest absolute Gasteiger partial charge is 0.409 e. The van der Waals surface area contributed by atoms with Crippen molar-refractivity contribution < 1.29 is 14.7 Å². The van der Waals surface area contributed by atoms with Gasteiger partial charge < -0.3 is 21.0 Å². The van der Waals surface area contributed by atoms with Crippen molar-refractivity contribution in [1.82, 2.24) is 5.32 Å². The fourth-order valence-corrected chi connectivity index (χ4v) is 2.49. The molecule has 1 fully saturated rings. The van der Waals surface area contributed by atoms with E-state index in [2.05, 4.69) is 10.5 Å². The Labute approximate surface area is 114 Å². The minimum Gasteiger partial charge on any atom is -0.409 e. The summed E-state index contributed by atoms with van der Waals surface area (Å²) in [6.45, 7) is 4.96. The van der Waals surface area contributed by atoms with E-state index in [1.807, 2.05) is 13.8 Å². The fraction of sp³-hybridized carbons (Fsp3) is 0.846. The molecule has 0 aromatic heterocycles. The SMILES string of the molecule is CCC(CC)(C(=O)NCC1CCCCO1)C(N)=NO. The molecule has 1 atom stereocenters. The molecule has 1 aliphatic rings. The Morgan fingerprint density at radius 2 is 2.16 bits per heavy atom. The van der Waals surface area contributed by atoms with Crippen LogP contribution in [0.15, 0.2) is 5.16 Å². The molecule has 0 aliphatic carbocycles. The average Bonchev–Trinajstić information content (AvgIpc) is 2.47.